The zero-order valence-electron chi connectivity index (χ0n) is 20.7. The second kappa shape index (κ2) is 12.1. The molecule has 0 aliphatic heterocycles. The van der Waals surface area contributed by atoms with Gasteiger partial charge in [0, 0.05) is 40.7 Å². The third-order valence-corrected chi connectivity index (χ3v) is 7.15. The van der Waals surface area contributed by atoms with Crippen LogP contribution in [0.25, 0.3) is 0 Å². The van der Waals surface area contributed by atoms with E-state index in [1.54, 1.807) is 55.5 Å². The van der Waals surface area contributed by atoms with Crippen molar-refractivity contribution in [2.45, 2.75) is 58.7 Å². The minimum atomic E-state index is -3.54. The third kappa shape index (κ3) is 8.70. The van der Waals surface area contributed by atoms with Gasteiger partial charge in [0.15, 0.2) is 0 Å². The summed E-state index contributed by atoms with van der Waals surface area (Å²) in [5.74, 6) is -0.616. The monoisotopic (exact) mass is 541 g/mol. The molecule has 0 saturated carbocycles. The van der Waals surface area contributed by atoms with Gasteiger partial charge >= 0.3 is 0 Å². The van der Waals surface area contributed by atoms with E-state index in [9.17, 15) is 18.0 Å². The van der Waals surface area contributed by atoms with E-state index in [0.29, 0.717) is 21.3 Å². The fourth-order valence-electron chi connectivity index (χ4n) is 3.51. The first kappa shape index (κ1) is 28.9. The molecule has 0 bridgehead atoms. The molecular formula is C25H33Cl2N3O4S. The van der Waals surface area contributed by atoms with Crippen LogP contribution in [0.1, 0.15) is 46.1 Å². The van der Waals surface area contributed by atoms with Crippen LogP contribution >= 0.6 is 23.2 Å². The second-order valence-electron chi connectivity index (χ2n) is 9.41. The Balaban J connectivity index is 2.23. The molecule has 0 fully saturated rings. The minimum absolute atomic E-state index is 0.0358. The van der Waals surface area contributed by atoms with Crippen LogP contribution in [0.5, 0.6) is 0 Å². The molecule has 0 aliphatic rings. The van der Waals surface area contributed by atoms with E-state index in [1.807, 2.05) is 20.8 Å². The van der Waals surface area contributed by atoms with Crippen LogP contribution in [-0.4, -0.2) is 49.5 Å². The van der Waals surface area contributed by atoms with Crippen LogP contribution in [0.2, 0.25) is 10.0 Å². The van der Waals surface area contributed by atoms with Gasteiger partial charge in [-0.3, -0.25) is 13.9 Å². The largest absolute Gasteiger partial charge is 0.350 e. The van der Waals surface area contributed by atoms with E-state index in [4.69, 9.17) is 23.2 Å². The molecule has 0 spiro atoms. The number of carbonyl (C=O) groups excluding carboxylic acids is 2. The minimum Gasteiger partial charge on any atom is -0.350 e. The Morgan fingerprint density at radius 3 is 2.09 bits per heavy atom. The van der Waals surface area contributed by atoms with E-state index in [2.05, 4.69) is 5.32 Å². The molecule has 2 amide bonds. The lowest BCUT2D eigenvalue weighted by Crippen LogP contribution is -2.52. The van der Waals surface area contributed by atoms with Gasteiger partial charge in [-0.05, 0) is 58.4 Å². The number of carbonyl (C=O) groups is 2. The van der Waals surface area contributed by atoms with Gasteiger partial charge in [-0.1, -0.05) is 47.5 Å². The Kier molecular flexibility index (Phi) is 10.0. The van der Waals surface area contributed by atoms with Gasteiger partial charge in [-0.2, -0.15) is 0 Å². The summed E-state index contributed by atoms with van der Waals surface area (Å²) < 4.78 is 25.9. The van der Waals surface area contributed by atoms with Crippen molar-refractivity contribution in [1.82, 2.24) is 10.2 Å². The summed E-state index contributed by atoms with van der Waals surface area (Å²) in [7, 11) is -3.54. The Hall–Kier alpha value is -2.29. The predicted molar refractivity (Wildman–Crippen MR) is 142 cm³/mol. The van der Waals surface area contributed by atoms with Crippen molar-refractivity contribution in [3.8, 4) is 0 Å². The number of nitrogens with one attached hydrogen (secondary N) is 1. The van der Waals surface area contributed by atoms with Crippen LogP contribution in [0, 0.1) is 0 Å². The van der Waals surface area contributed by atoms with E-state index in [-0.39, 0.29) is 37.7 Å². The molecule has 10 heteroatoms. The molecule has 0 saturated heterocycles. The number of benzene rings is 2. The molecule has 192 valence electrons. The summed E-state index contributed by atoms with van der Waals surface area (Å²) in [6, 6.07) is 13.0. The lowest BCUT2D eigenvalue weighted by Gasteiger charge is -2.32. The highest BCUT2D eigenvalue weighted by atomic mass is 35.5. The van der Waals surface area contributed by atoms with Gasteiger partial charge in [0.2, 0.25) is 21.8 Å². The smallest absolute Gasteiger partial charge is 0.242 e. The zero-order chi connectivity index (χ0) is 26.4. The average molecular weight is 543 g/mol. The molecule has 1 N–H and O–H groups in total. The number of rotatable bonds is 10. The predicted octanol–water partition coefficient (Wildman–Crippen LogP) is 4.87. The maximum Gasteiger partial charge on any atom is 0.242 e. The Bertz CT molecular complexity index is 1110. The van der Waals surface area contributed by atoms with Crippen molar-refractivity contribution in [3.63, 3.8) is 0 Å². The number of anilines is 1. The highest BCUT2D eigenvalue weighted by molar-refractivity contribution is 7.92. The number of nitrogens with zero attached hydrogens (tertiary/aromatic N) is 2. The van der Waals surface area contributed by atoms with E-state index < -0.39 is 21.6 Å². The molecule has 2 aromatic carbocycles. The summed E-state index contributed by atoms with van der Waals surface area (Å²) >= 11 is 12.7. The molecule has 0 radical (unpaired) electrons. The standard InChI is InChI=1S/C25H33Cl2N3O4S/c1-18(24(32)28-25(2,3)4)29(17-20-21(26)13-9-14-22(20)27)23(31)15-10-16-30(35(5,33)34)19-11-7-6-8-12-19/h6-9,11-14,18H,10,15-17H2,1-5H3,(H,28,32). The van der Waals surface area contributed by atoms with Gasteiger partial charge in [0.05, 0.1) is 11.9 Å². The van der Waals surface area contributed by atoms with E-state index in [0.717, 1.165) is 6.26 Å². The summed E-state index contributed by atoms with van der Waals surface area (Å²) in [6.45, 7) is 7.40. The number of hydrogen-bond donors (Lipinski definition) is 1. The number of amides is 2. The van der Waals surface area contributed by atoms with E-state index >= 15 is 0 Å². The van der Waals surface area contributed by atoms with Crippen molar-refractivity contribution in [1.29, 1.82) is 0 Å². The van der Waals surface area contributed by atoms with Crippen LogP contribution < -0.4 is 9.62 Å². The van der Waals surface area contributed by atoms with Crippen LogP contribution in [-0.2, 0) is 26.2 Å². The Morgan fingerprint density at radius 2 is 1.57 bits per heavy atom. The summed E-state index contributed by atoms with van der Waals surface area (Å²) in [5.41, 5.74) is 0.593. The zero-order valence-corrected chi connectivity index (χ0v) is 23.0. The maximum atomic E-state index is 13.3. The molecule has 1 unspecified atom stereocenters. The second-order valence-corrected chi connectivity index (χ2v) is 12.1. The number of sulfonamides is 1. The molecule has 35 heavy (non-hydrogen) atoms. The van der Waals surface area contributed by atoms with Crippen molar-refractivity contribution in [2.75, 3.05) is 17.1 Å². The molecule has 0 aliphatic carbocycles. The molecule has 2 rings (SSSR count). The average Bonchev–Trinajstić information content (AvgIpc) is 2.74. The summed E-state index contributed by atoms with van der Waals surface area (Å²) in [4.78, 5) is 27.7. The normalized spacial score (nSPS) is 12.7. The van der Waals surface area contributed by atoms with Crippen LogP contribution in [0.3, 0.4) is 0 Å². The first-order valence-electron chi connectivity index (χ1n) is 11.3. The molecule has 0 heterocycles. The maximum absolute atomic E-state index is 13.3. The van der Waals surface area contributed by atoms with Gasteiger partial charge in [-0.15, -0.1) is 0 Å². The molecule has 2 aromatic rings. The lowest BCUT2D eigenvalue weighted by atomic mass is 10.1. The van der Waals surface area contributed by atoms with Gasteiger partial charge in [-0.25, -0.2) is 8.42 Å². The molecule has 7 nitrogen and oxygen atoms in total. The van der Waals surface area contributed by atoms with Gasteiger partial charge < -0.3 is 10.2 Å². The van der Waals surface area contributed by atoms with E-state index in [1.165, 1.54) is 9.21 Å². The highest BCUT2D eigenvalue weighted by Gasteiger charge is 2.29. The van der Waals surface area contributed by atoms with Gasteiger partial charge in [0.1, 0.15) is 6.04 Å². The van der Waals surface area contributed by atoms with Crippen molar-refractivity contribution in [2.24, 2.45) is 0 Å². The van der Waals surface area contributed by atoms with Crippen molar-refractivity contribution >= 4 is 50.7 Å². The molecular weight excluding hydrogens is 509 g/mol. The van der Waals surface area contributed by atoms with Crippen molar-refractivity contribution < 1.29 is 18.0 Å². The SMILES string of the molecule is CC(C(=O)NC(C)(C)C)N(Cc1c(Cl)cccc1Cl)C(=O)CCCN(c1ccccc1)S(C)(=O)=O. The molecule has 1 atom stereocenters. The topological polar surface area (TPSA) is 86.8 Å². The summed E-state index contributed by atoms with van der Waals surface area (Å²) in [6.07, 6.45) is 1.43. The lowest BCUT2D eigenvalue weighted by molar-refractivity contribution is -0.141. The number of halogens is 2. The Morgan fingerprint density at radius 1 is 1.00 bits per heavy atom. The fourth-order valence-corrected chi connectivity index (χ4v) is 4.99. The highest BCUT2D eigenvalue weighted by Crippen LogP contribution is 2.27. The van der Waals surface area contributed by atoms with Crippen LogP contribution in [0.15, 0.2) is 48.5 Å². The van der Waals surface area contributed by atoms with Crippen LogP contribution in [0.4, 0.5) is 5.69 Å². The van der Waals surface area contributed by atoms with Gasteiger partial charge in [0.25, 0.3) is 0 Å². The first-order chi connectivity index (χ1) is 16.2. The first-order valence-corrected chi connectivity index (χ1v) is 13.9. The quantitative estimate of drug-likeness (QED) is 0.464. The van der Waals surface area contributed by atoms with Crippen molar-refractivity contribution in [3.05, 3.63) is 64.1 Å². The Labute approximate surface area is 218 Å². The number of hydrogen-bond acceptors (Lipinski definition) is 4. The fraction of sp³-hybridized carbons (Fsp3) is 0.440. The molecule has 0 aromatic heterocycles. The third-order valence-electron chi connectivity index (χ3n) is 5.25. The number of para-hydroxylation sites is 1. The summed E-state index contributed by atoms with van der Waals surface area (Å²) in [5, 5.41) is 3.69.